The van der Waals surface area contributed by atoms with Crippen LogP contribution in [0.15, 0.2) is 41.2 Å². The fourth-order valence-electron chi connectivity index (χ4n) is 2.53. The molecule has 0 aliphatic heterocycles. The number of H-pyrrole nitrogens is 1. The molecular weight excluding hydrogens is 327 g/mol. The number of rotatable bonds is 4. The van der Waals surface area contributed by atoms with E-state index in [1.807, 2.05) is 0 Å². The predicted molar refractivity (Wildman–Crippen MR) is 89.5 cm³/mol. The van der Waals surface area contributed by atoms with Crippen LogP contribution in [0.3, 0.4) is 0 Å². The first kappa shape index (κ1) is 16.6. The van der Waals surface area contributed by atoms with Crippen molar-refractivity contribution >= 4 is 16.9 Å². The Bertz CT molecular complexity index is 1010. The summed E-state index contributed by atoms with van der Waals surface area (Å²) in [5.74, 6) is -0.491. The summed E-state index contributed by atoms with van der Waals surface area (Å²) in [6.45, 7) is 0. The molecule has 0 aliphatic carbocycles. The van der Waals surface area contributed by atoms with Gasteiger partial charge < -0.3 is 14.5 Å². The third-order valence-electron chi connectivity index (χ3n) is 3.76. The van der Waals surface area contributed by atoms with Gasteiger partial charge in [0.05, 0.1) is 30.7 Å². The number of carbonyl (C=O) groups excluding carboxylic acids is 1. The Balaban J connectivity index is 2.00. The summed E-state index contributed by atoms with van der Waals surface area (Å²) in [4.78, 5) is 30.9. The van der Waals surface area contributed by atoms with Gasteiger partial charge in [0.15, 0.2) is 11.6 Å². The van der Waals surface area contributed by atoms with Crippen LogP contribution in [0.5, 0.6) is 5.75 Å². The number of methoxy groups -OCH3 is 2. The molecule has 0 aliphatic rings. The summed E-state index contributed by atoms with van der Waals surface area (Å²) in [7, 11) is 2.67. The molecule has 0 saturated carbocycles. The van der Waals surface area contributed by atoms with Gasteiger partial charge in [-0.05, 0) is 35.9 Å². The van der Waals surface area contributed by atoms with Crippen LogP contribution in [-0.4, -0.2) is 30.2 Å². The van der Waals surface area contributed by atoms with E-state index in [1.165, 1.54) is 44.6 Å². The average Bonchev–Trinajstić information content (AvgIpc) is 2.60. The van der Waals surface area contributed by atoms with Crippen molar-refractivity contribution in [1.82, 2.24) is 9.97 Å². The fraction of sp³-hybridized carbons (Fsp3) is 0.167. The van der Waals surface area contributed by atoms with E-state index in [9.17, 15) is 14.0 Å². The maximum absolute atomic E-state index is 13.8. The van der Waals surface area contributed by atoms with E-state index in [-0.39, 0.29) is 17.7 Å². The molecule has 25 heavy (non-hydrogen) atoms. The molecule has 3 rings (SSSR count). The van der Waals surface area contributed by atoms with E-state index >= 15 is 0 Å². The van der Waals surface area contributed by atoms with Crippen molar-refractivity contribution in [3.63, 3.8) is 0 Å². The number of esters is 1. The van der Waals surface area contributed by atoms with Crippen LogP contribution < -0.4 is 10.3 Å². The van der Waals surface area contributed by atoms with Crippen molar-refractivity contribution in [2.45, 2.75) is 6.42 Å². The van der Waals surface area contributed by atoms with Crippen LogP contribution in [-0.2, 0) is 11.2 Å². The maximum Gasteiger partial charge on any atom is 0.337 e. The standard InChI is InChI=1S/C18H15FN2O4/c1-24-15-6-3-10(7-13(15)19)8-16-20-14-9-11(18(23)25-2)4-5-12(14)17(22)21-16/h3-7,9H,8H2,1-2H3,(H,20,21,22). The average molecular weight is 342 g/mol. The Hall–Kier alpha value is -3.22. The van der Waals surface area contributed by atoms with Crippen molar-refractivity contribution in [1.29, 1.82) is 0 Å². The molecule has 128 valence electrons. The Labute approximate surface area is 142 Å². The minimum absolute atomic E-state index is 0.145. The number of halogens is 1. The van der Waals surface area contributed by atoms with Gasteiger partial charge in [-0.15, -0.1) is 0 Å². The van der Waals surface area contributed by atoms with Gasteiger partial charge in [-0.25, -0.2) is 14.2 Å². The molecule has 7 heteroatoms. The predicted octanol–water partition coefficient (Wildman–Crippen LogP) is 2.45. The third-order valence-corrected chi connectivity index (χ3v) is 3.76. The molecule has 0 atom stereocenters. The van der Waals surface area contributed by atoms with Crippen LogP contribution in [0.25, 0.3) is 10.9 Å². The molecule has 1 heterocycles. The number of benzene rings is 2. The first-order chi connectivity index (χ1) is 12.0. The lowest BCUT2D eigenvalue weighted by Gasteiger charge is -2.07. The molecule has 3 aromatic rings. The zero-order chi connectivity index (χ0) is 18.0. The number of aromatic amines is 1. The highest BCUT2D eigenvalue weighted by molar-refractivity contribution is 5.93. The van der Waals surface area contributed by atoms with E-state index in [1.54, 1.807) is 6.07 Å². The first-order valence-electron chi connectivity index (χ1n) is 7.45. The summed E-state index contributed by atoms with van der Waals surface area (Å²) in [6.07, 6.45) is 0.231. The molecule has 0 saturated heterocycles. The fourth-order valence-corrected chi connectivity index (χ4v) is 2.53. The van der Waals surface area contributed by atoms with Gasteiger partial charge in [-0.3, -0.25) is 4.79 Å². The van der Waals surface area contributed by atoms with Gasteiger partial charge in [0.1, 0.15) is 5.82 Å². The minimum atomic E-state index is -0.511. The summed E-state index contributed by atoms with van der Waals surface area (Å²) >= 11 is 0. The van der Waals surface area contributed by atoms with Crippen molar-refractivity contribution in [2.75, 3.05) is 14.2 Å². The second-order valence-electron chi connectivity index (χ2n) is 5.38. The summed E-state index contributed by atoms with van der Waals surface area (Å²) < 4.78 is 23.3. The number of hydrogen-bond acceptors (Lipinski definition) is 5. The largest absolute Gasteiger partial charge is 0.494 e. The number of carbonyl (C=O) groups is 1. The molecule has 0 unspecified atom stereocenters. The monoisotopic (exact) mass is 342 g/mol. The van der Waals surface area contributed by atoms with Crippen molar-refractivity contribution in [2.24, 2.45) is 0 Å². The summed E-state index contributed by atoms with van der Waals surface area (Å²) in [5.41, 5.74) is 0.973. The molecule has 1 N–H and O–H groups in total. The normalized spacial score (nSPS) is 10.7. The molecule has 0 amide bonds. The second kappa shape index (κ2) is 6.72. The molecule has 1 aromatic heterocycles. The molecule has 0 bridgehead atoms. The van der Waals surface area contributed by atoms with E-state index in [4.69, 9.17) is 4.74 Å². The van der Waals surface area contributed by atoms with Gasteiger partial charge >= 0.3 is 5.97 Å². The smallest absolute Gasteiger partial charge is 0.337 e. The number of nitrogens with one attached hydrogen (secondary N) is 1. The van der Waals surface area contributed by atoms with Crippen molar-refractivity contribution in [3.8, 4) is 5.75 Å². The highest BCUT2D eigenvalue weighted by atomic mass is 19.1. The van der Waals surface area contributed by atoms with Crippen molar-refractivity contribution in [3.05, 3.63) is 69.5 Å². The van der Waals surface area contributed by atoms with Crippen molar-refractivity contribution < 1.29 is 18.7 Å². The number of hydrogen-bond donors (Lipinski definition) is 1. The van der Waals surface area contributed by atoms with Gasteiger partial charge in [-0.2, -0.15) is 0 Å². The van der Waals surface area contributed by atoms with Crippen LogP contribution >= 0.6 is 0 Å². The van der Waals surface area contributed by atoms with E-state index < -0.39 is 11.8 Å². The lowest BCUT2D eigenvalue weighted by Crippen LogP contribution is -2.13. The van der Waals surface area contributed by atoms with Gasteiger partial charge in [0, 0.05) is 6.42 Å². The van der Waals surface area contributed by atoms with Crippen LogP contribution in [0.1, 0.15) is 21.7 Å². The highest BCUT2D eigenvalue weighted by Gasteiger charge is 2.11. The minimum Gasteiger partial charge on any atom is -0.494 e. The zero-order valence-corrected chi connectivity index (χ0v) is 13.6. The Morgan fingerprint density at radius 1 is 1.20 bits per heavy atom. The number of fused-ring (bicyclic) bond motifs is 1. The summed E-state index contributed by atoms with van der Waals surface area (Å²) in [6, 6.07) is 9.05. The second-order valence-corrected chi connectivity index (χ2v) is 5.38. The summed E-state index contributed by atoms with van der Waals surface area (Å²) in [5, 5.41) is 0.359. The van der Waals surface area contributed by atoms with E-state index in [0.717, 1.165) is 0 Å². The highest BCUT2D eigenvalue weighted by Crippen LogP contribution is 2.19. The van der Waals surface area contributed by atoms with Crippen LogP contribution in [0.4, 0.5) is 4.39 Å². The molecular formula is C18H15FN2O4. The van der Waals surface area contributed by atoms with Gasteiger partial charge in [-0.1, -0.05) is 6.07 Å². The topological polar surface area (TPSA) is 81.3 Å². The van der Waals surface area contributed by atoms with Crippen LogP contribution in [0.2, 0.25) is 0 Å². The molecule has 6 nitrogen and oxygen atoms in total. The Morgan fingerprint density at radius 3 is 2.68 bits per heavy atom. The Morgan fingerprint density at radius 2 is 2.00 bits per heavy atom. The number of ether oxygens (including phenoxy) is 2. The molecule has 0 radical (unpaired) electrons. The first-order valence-corrected chi connectivity index (χ1v) is 7.45. The van der Waals surface area contributed by atoms with Gasteiger partial charge in [0.25, 0.3) is 5.56 Å². The Kier molecular flexibility index (Phi) is 4.47. The third kappa shape index (κ3) is 3.35. The lowest BCUT2D eigenvalue weighted by molar-refractivity contribution is 0.0601. The molecule has 2 aromatic carbocycles. The van der Waals surface area contributed by atoms with Crippen LogP contribution in [0, 0.1) is 5.82 Å². The van der Waals surface area contributed by atoms with E-state index in [2.05, 4.69) is 14.7 Å². The quantitative estimate of drug-likeness (QED) is 0.737. The molecule has 0 spiro atoms. The number of nitrogens with zero attached hydrogens (tertiary/aromatic N) is 1. The number of aromatic nitrogens is 2. The zero-order valence-electron chi connectivity index (χ0n) is 13.6. The SMILES string of the molecule is COC(=O)c1ccc2c(=O)[nH]c(Cc3ccc(OC)c(F)c3)nc2c1. The van der Waals surface area contributed by atoms with Gasteiger partial charge in [0.2, 0.25) is 0 Å². The molecule has 0 fully saturated rings. The lowest BCUT2D eigenvalue weighted by atomic mass is 10.1. The maximum atomic E-state index is 13.8. The van der Waals surface area contributed by atoms with E-state index in [0.29, 0.717) is 27.9 Å².